The number of alkyl halides is 3. The van der Waals surface area contributed by atoms with Crippen LogP contribution in [0.5, 0.6) is 0 Å². The van der Waals surface area contributed by atoms with Crippen LogP contribution in [-0.4, -0.2) is 39.5 Å². The van der Waals surface area contributed by atoms with Crippen LogP contribution in [0.2, 0.25) is 0 Å². The Hall–Kier alpha value is -3.16. The molecule has 0 saturated carbocycles. The van der Waals surface area contributed by atoms with Gasteiger partial charge >= 0.3 is 6.18 Å². The summed E-state index contributed by atoms with van der Waals surface area (Å²) in [6.07, 6.45) is -1.60. The number of halogens is 3. The van der Waals surface area contributed by atoms with Crippen LogP contribution in [-0.2, 0) is 17.4 Å². The summed E-state index contributed by atoms with van der Waals surface area (Å²) in [6.45, 7) is 4.65. The molecule has 0 unspecified atom stereocenters. The summed E-state index contributed by atoms with van der Waals surface area (Å²) in [4.78, 5) is 27.0. The van der Waals surface area contributed by atoms with Crippen molar-refractivity contribution in [1.82, 2.24) is 14.7 Å². The second-order valence-corrected chi connectivity index (χ2v) is 8.83. The van der Waals surface area contributed by atoms with E-state index in [0.717, 1.165) is 22.5 Å². The number of rotatable bonds is 5. The molecule has 174 valence electrons. The molecule has 1 aliphatic heterocycles. The van der Waals surface area contributed by atoms with Gasteiger partial charge < -0.3 is 4.90 Å². The number of carbonyl (C=O) groups excluding carboxylic acids is 2. The molecule has 4 rings (SSSR count). The maximum atomic E-state index is 13.3. The number of Topliss-reactive ketones (excluding diaryl/α,β-unsaturated/α-hetero) is 1. The Kier molecular flexibility index (Phi) is 6.28. The van der Waals surface area contributed by atoms with Crippen LogP contribution in [0.25, 0.3) is 10.9 Å². The second kappa shape index (κ2) is 9.00. The third kappa shape index (κ3) is 4.79. The number of piperidine rings is 1. The zero-order valence-electron chi connectivity index (χ0n) is 18.6. The van der Waals surface area contributed by atoms with E-state index in [2.05, 4.69) is 18.9 Å². The molecular formula is C25H26F3N3O2. The molecule has 0 N–H and O–H groups in total. The van der Waals surface area contributed by atoms with Crippen LogP contribution in [0.3, 0.4) is 0 Å². The standard InChI is InChI=1S/C25H26F3N3O2/c1-16(2)31-22-8-7-17(13-19(22)15-29-31)14-23(32)18-9-11-30(12-10-18)24(33)20-5-3-4-6-21(20)25(26,27)28/h3-8,13,15-16,18H,9-12,14H2,1-2H3. The van der Waals surface area contributed by atoms with Crippen molar-refractivity contribution < 1.29 is 22.8 Å². The van der Waals surface area contributed by atoms with E-state index in [0.29, 0.717) is 12.8 Å². The van der Waals surface area contributed by atoms with Gasteiger partial charge in [-0.05, 0) is 56.5 Å². The summed E-state index contributed by atoms with van der Waals surface area (Å²) < 4.78 is 41.7. The van der Waals surface area contributed by atoms with E-state index >= 15 is 0 Å². The third-order valence-electron chi connectivity index (χ3n) is 6.23. The lowest BCUT2D eigenvalue weighted by atomic mass is 9.88. The SMILES string of the molecule is CC(C)n1ncc2cc(CC(=O)C3CCN(C(=O)c4ccccc4C(F)(F)F)CC3)ccc21. The predicted molar refractivity (Wildman–Crippen MR) is 119 cm³/mol. The van der Waals surface area contributed by atoms with E-state index in [1.165, 1.54) is 23.1 Å². The van der Waals surface area contributed by atoms with Crippen LogP contribution in [0.15, 0.2) is 48.7 Å². The smallest absolute Gasteiger partial charge is 0.339 e. The maximum absolute atomic E-state index is 13.3. The fourth-order valence-electron chi connectivity index (χ4n) is 4.46. The fourth-order valence-corrected chi connectivity index (χ4v) is 4.46. The quantitative estimate of drug-likeness (QED) is 0.523. The molecule has 1 saturated heterocycles. The number of likely N-dealkylation sites (tertiary alicyclic amines) is 1. The number of carbonyl (C=O) groups is 2. The molecule has 0 aliphatic carbocycles. The molecule has 0 atom stereocenters. The zero-order chi connectivity index (χ0) is 23.8. The first-order chi connectivity index (χ1) is 15.6. The van der Waals surface area contributed by atoms with Gasteiger partial charge in [0.15, 0.2) is 0 Å². The number of benzene rings is 2. The fraction of sp³-hybridized carbons (Fsp3) is 0.400. The Morgan fingerprint density at radius 2 is 1.79 bits per heavy atom. The second-order valence-electron chi connectivity index (χ2n) is 8.83. The molecule has 1 aliphatic rings. The van der Waals surface area contributed by atoms with Gasteiger partial charge in [0.2, 0.25) is 0 Å². The number of hydrogen-bond donors (Lipinski definition) is 0. The van der Waals surface area contributed by atoms with E-state index in [1.807, 2.05) is 22.9 Å². The average Bonchev–Trinajstić information content (AvgIpc) is 3.22. The zero-order valence-corrected chi connectivity index (χ0v) is 18.6. The van der Waals surface area contributed by atoms with Gasteiger partial charge in [0.1, 0.15) is 5.78 Å². The number of aromatic nitrogens is 2. The van der Waals surface area contributed by atoms with Gasteiger partial charge in [-0.15, -0.1) is 0 Å². The summed E-state index contributed by atoms with van der Waals surface area (Å²) >= 11 is 0. The van der Waals surface area contributed by atoms with Crippen molar-refractivity contribution in [2.75, 3.05) is 13.1 Å². The Bertz CT molecular complexity index is 1180. The summed E-state index contributed by atoms with van der Waals surface area (Å²) in [5.41, 5.74) is 0.662. The van der Waals surface area contributed by atoms with Gasteiger partial charge in [-0.1, -0.05) is 18.2 Å². The Morgan fingerprint density at radius 3 is 2.45 bits per heavy atom. The molecule has 0 spiro atoms. The predicted octanol–water partition coefficient (Wildman–Crippen LogP) is 5.30. The van der Waals surface area contributed by atoms with Crippen LogP contribution < -0.4 is 0 Å². The highest BCUT2D eigenvalue weighted by molar-refractivity contribution is 5.96. The van der Waals surface area contributed by atoms with Crippen molar-refractivity contribution in [2.24, 2.45) is 5.92 Å². The summed E-state index contributed by atoms with van der Waals surface area (Å²) in [6, 6.07) is 11.0. The van der Waals surface area contributed by atoms with E-state index < -0.39 is 17.6 Å². The third-order valence-corrected chi connectivity index (χ3v) is 6.23. The van der Waals surface area contributed by atoms with Gasteiger partial charge in [-0.2, -0.15) is 18.3 Å². The monoisotopic (exact) mass is 457 g/mol. The van der Waals surface area contributed by atoms with Crippen LogP contribution in [0.4, 0.5) is 13.2 Å². The maximum Gasteiger partial charge on any atom is 0.417 e. The van der Waals surface area contributed by atoms with Gasteiger partial charge in [0.25, 0.3) is 5.91 Å². The van der Waals surface area contributed by atoms with Crippen molar-refractivity contribution in [3.63, 3.8) is 0 Å². The molecule has 1 aromatic heterocycles. The number of hydrogen-bond acceptors (Lipinski definition) is 3. The highest BCUT2D eigenvalue weighted by Gasteiger charge is 2.37. The lowest BCUT2D eigenvalue weighted by molar-refractivity contribution is -0.138. The minimum Gasteiger partial charge on any atom is -0.339 e. The Morgan fingerprint density at radius 1 is 1.09 bits per heavy atom. The van der Waals surface area contributed by atoms with Crippen molar-refractivity contribution >= 4 is 22.6 Å². The first-order valence-electron chi connectivity index (χ1n) is 11.1. The van der Waals surface area contributed by atoms with Crippen molar-refractivity contribution in [3.8, 4) is 0 Å². The van der Waals surface area contributed by atoms with Crippen molar-refractivity contribution in [1.29, 1.82) is 0 Å². The normalized spacial score (nSPS) is 15.4. The Balaban J connectivity index is 1.39. The molecular weight excluding hydrogens is 431 g/mol. The van der Waals surface area contributed by atoms with E-state index in [1.54, 1.807) is 6.20 Å². The van der Waals surface area contributed by atoms with E-state index in [4.69, 9.17) is 0 Å². The highest BCUT2D eigenvalue weighted by atomic mass is 19.4. The molecule has 0 radical (unpaired) electrons. The molecule has 2 heterocycles. The summed E-state index contributed by atoms with van der Waals surface area (Å²) in [5.74, 6) is -0.754. The number of ketones is 1. The molecule has 1 amide bonds. The first kappa shape index (κ1) is 23.0. The van der Waals surface area contributed by atoms with Gasteiger partial charge in [-0.3, -0.25) is 14.3 Å². The van der Waals surface area contributed by atoms with Crippen LogP contribution >= 0.6 is 0 Å². The van der Waals surface area contributed by atoms with Crippen molar-refractivity contribution in [2.45, 2.75) is 45.3 Å². The molecule has 33 heavy (non-hydrogen) atoms. The molecule has 5 nitrogen and oxygen atoms in total. The minimum absolute atomic E-state index is 0.0911. The lowest BCUT2D eigenvalue weighted by Crippen LogP contribution is -2.41. The summed E-state index contributed by atoms with van der Waals surface area (Å²) in [7, 11) is 0. The largest absolute Gasteiger partial charge is 0.417 e. The molecule has 8 heteroatoms. The molecule has 2 aromatic carbocycles. The number of nitrogens with zero attached hydrogens (tertiary/aromatic N) is 3. The average molecular weight is 457 g/mol. The van der Waals surface area contributed by atoms with Gasteiger partial charge in [0.05, 0.1) is 22.8 Å². The van der Waals surface area contributed by atoms with E-state index in [-0.39, 0.29) is 42.8 Å². The molecule has 0 bridgehead atoms. The van der Waals surface area contributed by atoms with Crippen LogP contribution in [0.1, 0.15) is 54.2 Å². The van der Waals surface area contributed by atoms with Crippen LogP contribution in [0, 0.1) is 5.92 Å². The first-order valence-corrected chi connectivity index (χ1v) is 11.1. The minimum atomic E-state index is -4.59. The lowest BCUT2D eigenvalue weighted by Gasteiger charge is -2.32. The highest BCUT2D eigenvalue weighted by Crippen LogP contribution is 2.33. The van der Waals surface area contributed by atoms with Gasteiger partial charge in [-0.25, -0.2) is 0 Å². The number of amides is 1. The molecule has 3 aromatic rings. The van der Waals surface area contributed by atoms with Crippen molar-refractivity contribution in [3.05, 3.63) is 65.4 Å². The summed E-state index contributed by atoms with van der Waals surface area (Å²) in [5, 5.41) is 5.38. The van der Waals surface area contributed by atoms with E-state index in [9.17, 15) is 22.8 Å². The van der Waals surface area contributed by atoms with Gasteiger partial charge in [0, 0.05) is 36.9 Å². The topological polar surface area (TPSA) is 55.2 Å². The Labute approximate surface area is 190 Å². The number of fused-ring (bicyclic) bond motifs is 1. The molecule has 1 fully saturated rings.